The van der Waals surface area contributed by atoms with Crippen LogP contribution >= 0.6 is 11.6 Å². The highest BCUT2D eigenvalue weighted by Gasteiger charge is 2.35. The van der Waals surface area contributed by atoms with Crippen molar-refractivity contribution in [2.75, 3.05) is 13.8 Å². The van der Waals surface area contributed by atoms with Gasteiger partial charge in [0.25, 0.3) is 0 Å². The number of rotatable bonds is 10. The maximum absolute atomic E-state index is 14.4. The van der Waals surface area contributed by atoms with Crippen LogP contribution in [0.3, 0.4) is 0 Å². The number of carbonyl (C=O) groups excluding carboxylic acids is 2. The Balaban J connectivity index is 0.000000580. The molecule has 39 heavy (non-hydrogen) atoms. The second-order valence-corrected chi connectivity index (χ2v) is 9.55. The van der Waals surface area contributed by atoms with Crippen LogP contribution < -0.4 is 4.74 Å². The molecule has 0 saturated carbocycles. The maximum Gasteiger partial charge on any atom is 0.339 e. The lowest BCUT2D eigenvalue weighted by atomic mass is 9.84. The Hall–Kier alpha value is -3.60. The van der Waals surface area contributed by atoms with E-state index >= 15 is 0 Å². The quantitative estimate of drug-likeness (QED) is 0.283. The lowest BCUT2D eigenvalue weighted by Crippen LogP contribution is -2.38. The van der Waals surface area contributed by atoms with Crippen LogP contribution in [0.4, 0.5) is 4.39 Å². The molecule has 1 aliphatic rings. The molecular weight excluding hydrogens is 533 g/mol. The molecule has 1 unspecified atom stereocenters. The number of benzene rings is 2. The number of carbonyl (C=O) groups is 4. The summed E-state index contributed by atoms with van der Waals surface area (Å²) in [6.07, 6.45) is 1.55. The third-order valence-electron chi connectivity index (χ3n) is 6.10. The Morgan fingerprint density at radius 1 is 1.13 bits per heavy atom. The second kappa shape index (κ2) is 14.0. The zero-order chi connectivity index (χ0) is 29.4. The number of aliphatic carboxylic acids is 2. The lowest BCUT2D eigenvalue weighted by Gasteiger charge is -2.35. The van der Waals surface area contributed by atoms with Crippen molar-refractivity contribution in [1.82, 2.24) is 4.90 Å². The van der Waals surface area contributed by atoms with Crippen LogP contribution in [0.5, 0.6) is 5.75 Å². The van der Waals surface area contributed by atoms with Gasteiger partial charge in [-0.3, -0.25) is 14.5 Å². The van der Waals surface area contributed by atoms with Gasteiger partial charge in [0.1, 0.15) is 22.9 Å². The first-order chi connectivity index (χ1) is 18.3. The third kappa shape index (κ3) is 7.95. The minimum atomic E-state index is -1.35. The highest BCUT2D eigenvalue weighted by molar-refractivity contribution is 6.30. The average Bonchev–Trinajstić information content (AvgIpc) is 2.87. The van der Waals surface area contributed by atoms with Crippen molar-refractivity contribution in [3.05, 3.63) is 75.1 Å². The van der Waals surface area contributed by atoms with E-state index in [9.17, 15) is 33.8 Å². The van der Waals surface area contributed by atoms with Crippen LogP contribution in [-0.4, -0.2) is 63.6 Å². The van der Waals surface area contributed by atoms with Crippen molar-refractivity contribution in [3.8, 4) is 5.75 Å². The smallest absolute Gasteiger partial charge is 0.339 e. The third-order valence-corrected chi connectivity index (χ3v) is 6.39. The van der Waals surface area contributed by atoms with Gasteiger partial charge in [-0.25, -0.2) is 9.18 Å². The van der Waals surface area contributed by atoms with Gasteiger partial charge in [-0.05, 0) is 61.7 Å². The van der Waals surface area contributed by atoms with Crippen molar-refractivity contribution in [2.45, 2.75) is 52.1 Å². The molecule has 0 fully saturated rings. The largest absolute Gasteiger partial charge is 0.496 e. The normalized spacial score (nSPS) is 14.3. The van der Waals surface area contributed by atoms with Crippen molar-refractivity contribution < 1.29 is 43.6 Å². The minimum Gasteiger partial charge on any atom is -0.496 e. The first-order valence-corrected chi connectivity index (χ1v) is 12.4. The van der Waals surface area contributed by atoms with E-state index in [-0.39, 0.29) is 54.0 Å². The number of halogens is 2. The minimum absolute atomic E-state index is 0.0165. The van der Waals surface area contributed by atoms with Gasteiger partial charge in [0.05, 0.1) is 31.3 Å². The maximum atomic E-state index is 14.4. The summed E-state index contributed by atoms with van der Waals surface area (Å²) in [6, 6.07) is 7.06. The van der Waals surface area contributed by atoms with Crippen LogP contribution in [0.15, 0.2) is 42.0 Å². The van der Waals surface area contributed by atoms with Crippen LogP contribution in [0.2, 0.25) is 5.02 Å². The molecule has 0 aromatic heterocycles. The van der Waals surface area contributed by atoms with Crippen LogP contribution in [-0.2, 0) is 20.8 Å². The number of hydrogen-bond donors (Lipinski definition) is 3. The number of aliphatic hydroxyl groups excluding tert-OH is 1. The number of carboxylic acid groups (broad SMARTS) is 2. The fraction of sp³-hybridized carbons (Fsp3) is 0.357. The molecule has 9 nitrogen and oxygen atoms in total. The number of carboxylic acids is 2. The topological polar surface area (TPSA) is 141 Å². The number of nitrogens with zero attached hydrogens (tertiary/aromatic N) is 1. The summed E-state index contributed by atoms with van der Waals surface area (Å²) in [5, 5.41) is 27.4. The van der Waals surface area contributed by atoms with E-state index in [4.69, 9.17) is 21.4 Å². The predicted octanol–water partition coefficient (Wildman–Crippen LogP) is 4.43. The SMILES string of the molecule is CC(=O)CCC(=O)O.COc1cc2c(cc1Cc1cccc(Cl)c1F)C(=O)C(C(=O)O)=CC2N(CO)C(C)C. The van der Waals surface area contributed by atoms with Crippen LogP contribution in [0.25, 0.3) is 0 Å². The molecule has 1 aliphatic carbocycles. The van der Waals surface area contributed by atoms with Crippen molar-refractivity contribution in [2.24, 2.45) is 0 Å². The van der Waals surface area contributed by atoms with Crippen LogP contribution in [0.1, 0.15) is 66.7 Å². The Kier molecular flexibility index (Phi) is 11.3. The molecule has 11 heteroatoms. The fourth-order valence-corrected chi connectivity index (χ4v) is 4.26. The van der Waals surface area contributed by atoms with Gasteiger partial charge in [0.2, 0.25) is 0 Å². The molecule has 0 aliphatic heterocycles. The van der Waals surface area contributed by atoms with Gasteiger partial charge in [-0.1, -0.05) is 23.7 Å². The molecule has 0 bridgehead atoms. The van der Waals surface area contributed by atoms with E-state index in [0.717, 1.165) is 0 Å². The van der Waals surface area contributed by atoms with Crippen molar-refractivity contribution in [1.29, 1.82) is 0 Å². The van der Waals surface area contributed by atoms with Crippen LogP contribution in [0, 0.1) is 5.82 Å². The first-order valence-electron chi connectivity index (χ1n) is 12.0. The fourth-order valence-electron chi connectivity index (χ4n) is 4.07. The Morgan fingerprint density at radius 2 is 1.79 bits per heavy atom. The van der Waals surface area contributed by atoms with E-state index in [0.29, 0.717) is 22.4 Å². The Labute approximate surface area is 230 Å². The molecular formula is C28H31ClFNO8. The van der Waals surface area contributed by atoms with E-state index < -0.39 is 29.6 Å². The summed E-state index contributed by atoms with van der Waals surface area (Å²) in [5.74, 6) is -3.13. The average molecular weight is 564 g/mol. The summed E-state index contributed by atoms with van der Waals surface area (Å²) in [5.41, 5.74) is 1.16. The highest BCUT2D eigenvalue weighted by Crippen LogP contribution is 2.38. The summed E-state index contributed by atoms with van der Waals surface area (Å²) in [7, 11) is 1.46. The standard InChI is InChI=1S/C23H23ClFNO5.C5H8O3/c1-12(2)26(11-27)19-9-17(23(29)30)22(28)16-8-14(20(31-3)10-15(16)19)7-13-5-4-6-18(24)21(13)25;1-4(6)2-3-5(7)8/h4-6,8-10,12,19,27H,7,11H2,1-3H3,(H,29,30);2-3H2,1H3,(H,7,8). The summed E-state index contributed by atoms with van der Waals surface area (Å²) in [6.45, 7) is 4.75. The molecule has 3 N–H and O–H groups in total. The molecule has 0 saturated heterocycles. The molecule has 0 heterocycles. The monoisotopic (exact) mass is 563 g/mol. The Bertz CT molecular complexity index is 1280. The zero-order valence-corrected chi connectivity index (χ0v) is 22.8. The van der Waals surface area contributed by atoms with Gasteiger partial charge in [-0.15, -0.1) is 0 Å². The van der Waals surface area contributed by atoms with Gasteiger partial charge in [0, 0.05) is 24.4 Å². The number of ketones is 2. The first kappa shape index (κ1) is 31.6. The molecule has 3 rings (SSSR count). The van der Waals surface area contributed by atoms with E-state index in [2.05, 4.69) is 0 Å². The van der Waals surface area contributed by atoms with Gasteiger partial charge in [-0.2, -0.15) is 0 Å². The number of ether oxygens (including phenoxy) is 1. The number of Topliss-reactive ketones (excluding diaryl/α,β-unsaturated/α-hetero) is 2. The summed E-state index contributed by atoms with van der Waals surface area (Å²) in [4.78, 5) is 46.2. The zero-order valence-electron chi connectivity index (χ0n) is 22.0. The molecule has 2 aromatic rings. The molecule has 1 atom stereocenters. The van der Waals surface area contributed by atoms with Gasteiger partial charge >= 0.3 is 11.9 Å². The molecule has 210 valence electrons. The lowest BCUT2D eigenvalue weighted by molar-refractivity contribution is -0.138. The molecule has 0 spiro atoms. The number of fused-ring (bicyclic) bond motifs is 1. The summed E-state index contributed by atoms with van der Waals surface area (Å²) < 4.78 is 19.9. The molecule has 0 amide bonds. The van der Waals surface area contributed by atoms with Crippen molar-refractivity contribution >= 4 is 35.1 Å². The Morgan fingerprint density at radius 3 is 2.28 bits per heavy atom. The molecule has 0 radical (unpaired) electrons. The number of methoxy groups -OCH3 is 1. The summed E-state index contributed by atoms with van der Waals surface area (Å²) >= 11 is 5.88. The number of hydrogen-bond acceptors (Lipinski definition) is 7. The predicted molar refractivity (Wildman–Crippen MR) is 142 cm³/mol. The van der Waals surface area contributed by atoms with E-state index in [1.165, 1.54) is 32.2 Å². The van der Waals surface area contributed by atoms with Gasteiger partial charge in [0.15, 0.2) is 5.78 Å². The second-order valence-electron chi connectivity index (χ2n) is 9.15. The van der Waals surface area contributed by atoms with E-state index in [1.807, 2.05) is 13.8 Å². The van der Waals surface area contributed by atoms with E-state index in [1.54, 1.807) is 23.1 Å². The molecule has 2 aromatic carbocycles. The van der Waals surface area contributed by atoms with Crippen molar-refractivity contribution in [3.63, 3.8) is 0 Å². The highest BCUT2D eigenvalue weighted by atomic mass is 35.5. The van der Waals surface area contributed by atoms with Gasteiger partial charge < -0.3 is 24.9 Å². The number of aliphatic hydroxyl groups is 1.